The Bertz CT molecular complexity index is 2140. The summed E-state index contributed by atoms with van der Waals surface area (Å²) in [7, 11) is 0. The molecular weight excluding hydrogens is 941 g/mol. The Morgan fingerprint density at radius 1 is 0.569 bits per heavy atom. The standard InChI is InChI=1S/C49H52O10S6/c1-31(2)43(50)58-37(25-56-45(52)47-62-27-60-28-63-47)23-54-41-19-17-35(21-39(41)33-13-9-7-10-14-33)49(5,6)36-18-20-42(40(22-36)34-15-11-8-12-16-34)55-24-38(59-44(51)32(3)4)26-57-46(53)48-64-29-61-30-65-48/h7-22,37-38,47-48H,1,3,23-30H2,2,4-6H3. The lowest BCUT2D eigenvalue weighted by Crippen LogP contribution is -2.33. The number of carbonyl (C=O) groups is 4. The van der Waals surface area contributed by atoms with E-state index in [0.717, 1.165) is 53.7 Å². The van der Waals surface area contributed by atoms with Gasteiger partial charge in [-0.1, -0.05) is 99.8 Å². The van der Waals surface area contributed by atoms with Crippen LogP contribution in [-0.2, 0) is 43.5 Å². The smallest absolute Gasteiger partial charge is 0.333 e. The van der Waals surface area contributed by atoms with Gasteiger partial charge in [-0.3, -0.25) is 0 Å². The molecule has 2 unspecified atom stereocenters. The van der Waals surface area contributed by atoms with Crippen LogP contribution in [0.3, 0.4) is 0 Å². The monoisotopic (exact) mass is 992 g/mol. The van der Waals surface area contributed by atoms with Crippen molar-refractivity contribution in [3.05, 3.63) is 132 Å². The van der Waals surface area contributed by atoms with Gasteiger partial charge < -0.3 is 28.4 Å². The molecule has 6 rings (SSSR count). The molecule has 0 radical (unpaired) electrons. The van der Waals surface area contributed by atoms with Crippen molar-refractivity contribution in [1.82, 2.24) is 0 Å². The minimum Gasteiger partial charge on any atom is -0.489 e. The number of thioether (sulfide) groups is 6. The Balaban J connectivity index is 1.25. The lowest BCUT2D eigenvalue weighted by molar-refractivity contribution is -0.156. The second kappa shape index (κ2) is 24.6. The Hall–Kier alpha value is -4.06. The van der Waals surface area contributed by atoms with E-state index in [1.807, 2.05) is 84.9 Å². The average Bonchev–Trinajstić information content (AvgIpc) is 3.33. The maximum atomic E-state index is 12.9. The average molecular weight is 993 g/mol. The molecule has 16 heteroatoms. The molecule has 2 aliphatic rings. The fourth-order valence-corrected chi connectivity index (χ4v) is 15.3. The summed E-state index contributed by atoms with van der Waals surface area (Å²) >= 11 is 9.61. The lowest BCUT2D eigenvalue weighted by atomic mass is 9.76. The molecule has 2 fully saturated rings. The van der Waals surface area contributed by atoms with Crippen LogP contribution >= 0.6 is 70.6 Å². The molecular formula is C49H52O10S6. The van der Waals surface area contributed by atoms with E-state index >= 15 is 0 Å². The molecule has 344 valence electrons. The second-order valence-electron chi connectivity index (χ2n) is 15.5. The molecule has 10 nitrogen and oxygen atoms in total. The summed E-state index contributed by atoms with van der Waals surface area (Å²) < 4.78 is 34.9. The summed E-state index contributed by atoms with van der Waals surface area (Å²) in [6, 6.07) is 31.8. The van der Waals surface area contributed by atoms with Gasteiger partial charge in [-0.2, -0.15) is 0 Å². The summed E-state index contributed by atoms with van der Waals surface area (Å²) in [6.45, 7) is 14.4. The molecule has 0 N–H and O–H groups in total. The zero-order valence-electron chi connectivity index (χ0n) is 36.7. The van der Waals surface area contributed by atoms with Crippen molar-refractivity contribution in [2.45, 2.75) is 54.5 Å². The summed E-state index contributed by atoms with van der Waals surface area (Å²) in [5, 5.41) is 3.24. The molecule has 0 bridgehead atoms. The summed E-state index contributed by atoms with van der Waals surface area (Å²) in [5.41, 5.74) is 5.38. The van der Waals surface area contributed by atoms with E-state index in [2.05, 4.69) is 39.1 Å². The molecule has 65 heavy (non-hydrogen) atoms. The van der Waals surface area contributed by atoms with Crippen molar-refractivity contribution in [2.24, 2.45) is 0 Å². The minimum absolute atomic E-state index is 0.0643. The highest BCUT2D eigenvalue weighted by Crippen LogP contribution is 2.42. The highest BCUT2D eigenvalue weighted by molar-refractivity contribution is 8.33. The van der Waals surface area contributed by atoms with Gasteiger partial charge in [-0.15, -0.1) is 70.6 Å². The van der Waals surface area contributed by atoms with E-state index in [9.17, 15) is 19.2 Å². The fraction of sp³-hybridized carbons (Fsp3) is 0.347. The molecule has 0 amide bonds. The summed E-state index contributed by atoms with van der Waals surface area (Å²) in [6.07, 6.45) is -1.76. The molecule has 2 saturated heterocycles. The molecule has 4 aromatic rings. The topological polar surface area (TPSA) is 124 Å². The van der Waals surface area contributed by atoms with Gasteiger partial charge >= 0.3 is 23.9 Å². The largest absolute Gasteiger partial charge is 0.489 e. The van der Waals surface area contributed by atoms with Gasteiger partial charge in [0.05, 0.1) is 0 Å². The first kappa shape index (κ1) is 50.4. The SMILES string of the molecule is C=C(C)C(=O)OC(COC(=O)C1SCSCS1)COc1ccc(C(C)(C)c2ccc(OCC(COC(=O)C3SCSCS3)OC(=O)C(=C)C)c(-c3ccccc3)c2)cc1-c1ccccc1. The van der Waals surface area contributed by atoms with Crippen molar-refractivity contribution in [3.8, 4) is 33.8 Å². The Labute approximate surface area is 406 Å². The summed E-state index contributed by atoms with van der Waals surface area (Å²) in [5.74, 6) is -0.795. The van der Waals surface area contributed by atoms with Crippen molar-refractivity contribution in [1.29, 1.82) is 0 Å². The predicted molar refractivity (Wildman–Crippen MR) is 271 cm³/mol. The first-order valence-corrected chi connectivity index (χ1v) is 27.1. The molecule has 2 aliphatic heterocycles. The highest BCUT2D eigenvalue weighted by Gasteiger charge is 2.30. The van der Waals surface area contributed by atoms with Gasteiger partial charge in [0.25, 0.3) is 0 Å². The third-order valence-electron chi connectivity index (χ3n) is 10.1. The molecule has 2 atom stereocenters. The van der Waals surface area contributed by atoms with E-state index in [4.69, 9.17) is 28.4 Å². The number of hydrogen-bond acceptors (Lipinski definition) is 16. The van der Waals surface area contributed by atoms with Gasteiger partial charge in [0, 0.05) is 48.0 Å². The van der Waals surface area contributed by atoms with E-state index in [1.165, 1.54) is 47.0 Å². The molecule has 0 aliphatic carbocycles. The van der Waals surface area contributed by atoms with Crippen LogP contribution in [0.25, 0.3) is 22.3 Å². The quantitative estimate of drug-likeness (QED) is 0.0473. The van der Waals surface area contributed by atoms with Crippen LogP contribution in [0.2, 0.25) is 0 Å². The van der Waals surface area contributed by atoms with Gasteiger partial charge in [0.2, 0.25) is 0 Å². The first-order valence-electron chi connectivity index (χ1n) is 20.6. The van der Waals surface area contributed by atoms with Crippen LogP contribution in [0.1, 0.15) is 38.8 Å². The van der Waals surface area contributed by atoms with Crippen LogP contribution in [-0.4, -0.2) is 92.0 Å². The van der Waals surface area contributed by atoms with Crippen LogP contribution in [0.15, 0.2) is 121 Å². The Morgan fingerprint density at radius 3 is 1.29 bits per heavy atom. The third-order valence-corrected chi connectivity index (χ3v) is 18.5. The number of benzene rings is 4. The van der Waals surface area contributed by atoms with E-state index < -0.39 is 29.6 Å². The van der Waals surface area contributed by atoms with Crippen molar-refractivity contribution in [2.75, 3.05) is 46.8 Å². The van der Waals surface area contributed by atoms with Gasteiger partial charge in [0.1, 0.15) is 47.1 Å². The first-order chi connectivity index (χ1) is 31.3. The maximum Gasteiger partial charge on any atom is 0.333 e. The number of esters is 4. The third kappa shape index (κ3) is 14.5. The Kier molecular flexibility index (Phi) is 19.1. The summed E-state index contributed by atoms with van der Waals surface area (Å²) in [4.78, 5) is 51.1. The van der Waals surface area contributed by atoms with Gasteiger partial charge in [-0.05, 0) is 60.4 Å². The highest BCUT2D eigenvalue weighted by atomic mass is 32.3. The van der Waals surface area contributed by atoms with Gasteiger partial charge in [-0.25, -0.2) is 19.2 Å². The number of rotatable bonds is 20. The van der Waals surface area contributed by atoms with E-state index in [0.29, 0.717) is 11.5 Å². The molecule has 0 aromatic heterocycles. The van der Waals surface area contributed by atoms with E-state index in [1.54, 1.807) is 37.4 Å². The minimum atomic E-state index is -0.879. The lowest BCUT2D eigenvalue weighted by Gasteiger charge is -2.29. The predicted octanol–water partition coefficient (Wildman–Crippen LogP) is 11.1. The molecule has 0 saturated carbocycles. The molecule has 4 aromatic carbocycles. The van der Waals surface area contributed by atoms with Crippen molar-refractivity contribution < 1.29 is 47.6 Å². The van der Waals surface area contributed by atoms with Crippen molar-refractivity contribution in [3.63, 3.8) is 0 Å². The van der Waals surface area contributed by atoms with Crippen molar-refractivity contribution >= 4 is 94.4 Å². The van der Waals surface area contributed by atoms with Crippen LogP contribution < -0.4 is 9.47 Å². The van der Waals surface area contributed by atoms with Crippen LogP contribution in [0.4, 0.5) is 0 Å². The fourth-order valence-electron chi connectivity index (χ4n) is 6.41. The van der Waals surface area contributed by atoms with Gasteiger partial charge in [0.15, 0.2) is 12.2 Å². The maximum absolute atomic E-state index is 12.9. The normalized spacial score (nSPS) is 15.4. The molecule has 0 spiro atoms. The number of hydrogen-bond donors (Lipinski definition) is 0. The zero-order chi connectivity index (χ0) is 46.3. The molecule has 2 heterocycles. The van der Waals surface area contributed by atoms with Crippen LogP contribution in [0, 0.1) is 0 Å². The number of ether oxygens (including phenoxy) is 6. The second-order valence-corrected chi connectivity index (χ2v) is 23.9. The van der Waals surface area contributed by atoms with Crippen LogP contribution in [0.5, 0.6) is 11.5 Å². The number of carbonyl (C=O) groups excluding carboxylic acids is 4. The zero-order valence-corrected chi connectivity index (χ0v) is 41.5. The Morgan fingerprint density at radius 2 is 0.938 bits per heavy atom. The van der Waals surface area contributed by atoms with E-state index in [-0.39, 0.29) is 58.7 Å².